The smallest absolute Gasteiger partial charge is 0.364 e. The van der Waals surface area contributed by atoms with Crippen LogP contribution in [0.2, 0.25) is 0 Å². The van der Waals surface area contributed by atoms with E-state index in [1.54, 1.807) is 0 Å². The molecule has 0 radical (unpaired) electrons. The van der Waals surface area contributed by atoms with Crippen molar-refractivity contribution in [3.8, 4) is 0 Å². The quantitative estimate of drug-likeness (QED) is 0.0264. The number of likely N-dealkylation sites (N-methyl/N-ethyl adjacent to an activating group) is 1. The Balaban J connectivity index is 0. The highest BCUT2D eigenvalue weighted by Gasteiger charge is 2.34. The molecule has 61 heavy (non-hydrogen) atoms. The lowest BCUT2D eigenvalue weighted by molar-refractivity contribution is -0.887. The van der Waals surface area contributed by atoms with E-state index in [1.165, 1.54) is 218 Å². The Labute approximate surface area is 388 Å². The van der Waals surface area contributed by atoms with Crippen LogP contribution in [0.4, 0.5) is 0 Å². The number of halogens is 1. The van der Waals surface area contributed by atoms with Crippen molar-refractivity contribution in [1.82, 2.24) is 0 Å². The standard InChI is InChI=1S/C55H108NO4.ClH/c1-7-10-13-16-19-22-25-28-29-30-31-34-37-40-43-46-51-59-55(58)53(56(4,5)6)49-50-54(57)60-52(47-44-41-38-35-32-26-23-20-17-14-11-8-2)48-45-42-39-36-33-27-24-21-18-15-12-9-3;/h28-29,52-53H,7-27,30-51H2,1-6H3;1H/q+1;/p-1/b29-28-;. The van der Waals surface area contributed by atoms with Crippen molar-refractivity contribution in [3.63, 3.8) is 0 Å². The summed E-state index contributed by atoms with van der Waals surface area (Å²) in [6, 6.07) is -0.363. The summed E-state index contributed by atoms with van der Waals surface area (Å²) in [5, 5.41) is 0. The van der Waals surface area contributed by atoms with Gasteiger partial charge in [0.2, 0.25) is 0 Å². The first-order valence-corrected chi connectivity index (χ1v) is 27.1. The molecule has 0 aliphatic carbocycles. The molecule has 1 unspecified atom stereocenters. The summed E-state index contributed by atoms with van der Waals surface area (Å²) in [7, 11) is 6.10. The predicted octanol–water partition coefficient (Wildman–Crippen LogP) is 14.5. The molecule has 1 atom stereocenters. The minimum Gasteiger partial charge on any atom is -1.00 e. The van der Waals surface area contributed by atoms with E-state index in [9.17, 15) is 9.59 Å². The van der Waals surface area contributed by atoms with Crippen LogP contribution in [0.5, 0.6) is 0 Å². The van der Waals surface area contributed by atoms with Gasteiger partial charge in [-0.2, -0.15) is 0 Å². The second-order valence-corrected chi connectivity index (χ2v) is 19.7. The molecule has 0 aromatic carbocycles. The summed E-state index contributed by atoms with van der Waals surface area (Å²) >= 11 is 0. The third kappa shape index (κ3) is 45.3. The lowest BCUT2D eigenvalue weighted by atomic mass is 10.0. The molecule has 5 nitrogen and oxygen atoms in total. The Morgan fingerprint density at radius 3 is 1.08 bits per heavy atom. The highest BCUT2D eigenvalue weighted by molar-refractivity contribution is 5.76. The van der Waals surface area contributed by atoms with Gasteiger partial charge < -0.3 is 26.4 Å². The Morgan fingerprint density at radius 2 is 0.738 bits per heavy atom. The Bertz CT molecular complexity index is 905. The number of ether oxygens (including phenoxy) is 2. The van der Waals surface area contributed by atoms with E-state index < -0.39 is 0 Å². The fourth-order valence-electron chi connectivity index (χ4n) is 8.63. The van der Waals surface area contributed by atoms with Crippen LogP contribution in [0.1, 0.15) is 290 Å². The fraction of sp³-hybridized carbons (Fsp3) is 0.927. The minimum atomic E-state index is -0.363. The van der Waals surface area contributed by atoms with E-state index in [1.807, 2.05) is 21.1 Å². The molecule has 0 aliphatic rings. The lowest BCUT2D eigenvalue weighted by Crippen LogP contribution is -3.00. The third-order valence-corrected chi connectivity index (χ3v) is 12.8. The molecule has 0 aromatic heterocycles. The van der Waals surface area contributed by atoms with Crippen LogP contribution in [-0.4, -0.2) is 56.3 Å². The average molecular weight is 883 g/mol. The normalized spacial score (nSPS) is 12.3. The highest BCUT2D eigenvalue weighted by atomic mass is 35.5. The van der Waals surface area contributed by atoms with E-state index in [2.05, 4.69) is 32.9 Å². The molecule has 0 aliphatic heterocycles. The molecule has 0 bridgehead atoms. The summed E-state index contributed by atoms with van der Waals surface area (Å²) in [5.74, 6) is -0.315. The van der Waals surface area contributed by atoms with Crippen molar-refractivity contribution >= 4 is 11.9 Å². The molecule has 0 saturated heterocycles. The SMILES string of the molecule is CCCCCCCC/C=C\CCCCCCCCOC(=O)C(CCC(=O)OC(CCCCCCCCCCCCCC)CCCCCCCCCCCCCC)[N+](C)(C)C.[Cl-]. The number of hydrogen-bond acceptors (Lipinski definition) is 4. The first kappa shape index (κ1) is 62.0. The number of carbonyl (C=O) groups excluding carboxylic acids is 2. The number of rotatable bonds is 48. The van der Waals surface area contributed by atoms with Crippen LogP contribution >= 0.6 is 0 Å². The van der Waals surface area contributed by atoms with Crippen molar-refractivity contribution in [3.05, 3.63) is 12.2 Å². The van der Waals surface area contributed by atoms with Crippen molar-refractivity contribution in [2.45, 2.75) is 303 Å². The second kappa shape index (κ2) is 48.4. The van der Waals surface area contributed by atoms with Gasteiger partial charge in [-0.1, -0.05) is 232 Å². The van der Waals surface area contributed by atoms with Crippen LogP contribution in [0.15, 0.2) is 12.2 Å². The fourth-order valence-corrected chi connectivity index (χ4v) is 8.63. The number of nitrogens with zero attached hydrogens (tertiary/aromatic N) is 1. The van der Waals surface area contributed by atoms with Gasteiger partial charge in [-0.05, 0) is 57.8 Å². The molecule has 0 fully saturated rings. The number of allylic oxidation sites excluding steroid dienone is 2. The van der Waals surface area contributed by atoms with Crippen LogP contribution < -0.4 is 12.4 Å². The Hall–Kier alpha value is -1.07. The van der Waals surface area contributed by atoms with Gasteiger partial charge in [-0.25, -0.2) is 4.79 Å². The maximum absolute atomic E-state index is 13.3. The van der Waals surface area contributed by atoms with Gasteiger partial charge in [0.25, 0.3) is 0 Å². The van der Waals surface area contributed by atoms with Crippen molar-refractivity contribution < 1.29 is 36.0 Å². The maximum atomic E-state index is 13.3. The second-order valence-electron chi connectivity index (χ2n) is 19.7. The zero-order valence-electron chi connectivity index (χ0n) is 42.2. The molecular weight excluding hydrogens is 774 g/mol. The summed E-state index contributed by atoms with van der Waals surface area (Å²) in [6.45, 7) is 7.33. The van der Waals surface area contributed by atoms with E-state index in [0.29, 0.717) is 17.5 Å². The van der Waals surface area contributed by atoms with Gasteiger partial charge in [0, 0.05) is 6.42 Å². The van der Waals surface area contributed by atoms with Crippen molar-refractivity contribution in [2.24, 2.45) is 0 Å². The maximum Gasteiger partial charge on any atom is 0.364 e. The van der Waals surface area contributed by atoms with Gasteiger partial charge >= 0.3 is 11.9 Å². The van der Waals surface area contributed by atoms with Crippen LogP contribution in [0.3, 0.4) is 0 Å². The van der Waals surface area contributed by atoms with Gasteiger partial charge in [0.1, 0.15) is 6.10 Å². The lowest BCUT2D eigenvalue weighted by Gasteiger charge is -2.32. The summed E-state index contributed by atoms with van der Waals surface area (Å²) in [5.41, 5.74) is 0. The van der Waals surface area contributed by atoms with Crippen LogP contribution in [-0.2, 0) is 19.1 Å². The summed E-state index contributed by atoms with van der Waals surface area (Å²) < 4.78 is 12.4. The van der Waals surface area contributed by atoms with Gasteiger partial charge in [-0.15, -0.1) is 0 Å². The van der Waals surface area contributed by atoms with E-state index in [0.717, 1.165) is 38.5 Å². The monoisotopic (exact) mass is 882 g/mol. The Kier molecular flexibility index (Phi) is 49.2. The molecule has 0 amide bonds. The molecule has 364 valence electrons. The number of esters is 2. The van der Waals surface area contributed by atoms with Crippen LogP contribution in [0, 0.1) is 0 Å². The van der Waals surface area contributed by atoms with Gasteiger partial charge in [0.15, 0.2) is 6.04 Å². The van der Waals surface area contributed by atoms with Crippen molar-refractivity contribution in [2.75, 3.05) is 27.7 Å². The van der Waals surface area contributed by atoms with E-state index in [4.69, 9.17) is 9.47 Å². The first-order chi connectivity index (χ1) is 29.3. The number of unbranched alkanes of at least 4 members (excludes halogenated alkanes) is 34. The molecule has 0 heterocycles. The van der Waals surface area contributed by atoms with E-state index >= 15 is 0 Å². The minimum absolute atomic E-state index is 0. The average Bonchev–Trinajstić information content (AvgIpc) is 3.22. The van der Waals surface area contributed by atoms with Gasteiger partial charge in [0.05, 0.1) is 34.2 Å². The molecule has 0 spiro atoms. The van der Waals surface area contributed by atoms with Crippen molar-refractivity contribution in [1.29, 1.82) is 0 Å². The number of hydrogen-bond donors (Lipinski definition) is 0. The van der Waals surface area contributed by atoms with Crippen LogP contribution in [0.25, 0.3) is 0 Å². The topological polar surface area (TPSA) is 52.6 Å². The molecule has 6 heteroatoms. The molecule has 0 N–H and O–H groups in total. The number of carbonyl (C=O) groups is 2. The molecule has 0 aromatic rings. The summed E-state index contributed by atoms with van der Waals surface area (Å²) in [6.07, 6.45) is 57.3. The molecular formula is C55H108ClNO4. The molecule has 0 saturated carbocycles. The molecule has 0 rings (SSSR count). The largest absolute Gasteiger partial charge is 1.00 e. The predicted molar refractivity (Wildman–Crippen MR) is 263 cm³/mol. The zero-order valence-corrected chi connectivity index (χ0v) is 42.9. The zero-order chi connectivity index (χ0) is 44.0. The van der Waals surface area contributed by atoms with E-state index in [-0.39, 0.29) is 42.9 Å². The first-order valence-electron chi connectivity index (χ1n) is 27.1. The van der Waals surface area contributed by atoms with Gasteiger partial charge in [-0.3, -0.25) is 4.79 Å². The summed E-state index contributed by atoms with van der Waals surface area (Å²) in [4.78, 5) is 26.6. The Morgan fingerprint density at radius 1 is 0.426 bits per heavy atom. The third-order valence-electron chi connectivity index (χ3n) is 12.8. The highest BCUT2D eigenvalue weighted by Crippen LogP contribution is 2.21. The number of quaternary nitrogens is 1.